The number of benzene rings is 2. The number of carbonyl (C=O) groups excluding carboxylic acids is 1. The van der Waals surface area contributed by atoms with Crippen molar-refractivity contribution in [2.75, 3.05) is 31.9 Å². The van der Waals surface area contributed by atoms with E-state index in [-0.39, 0.29) is 5.91 Å². The number of nitrogens with two attached hydrogens (primary N) is 1. The fraction of sp³-hybridized carbons (Fsp3) is 0.381. The van der Waals surface area contributed by atoms with Gasteiger partial charge in [-0.25, -0.2) is 0 Å². The number of nitrogens with one attached hydrogen (secondary N) is 1. The van der Waals surface area contributed by atoms with Crippen molar-refractivity contribution in [2.24, 2.45) is 11.8 Å². The average molecular weight is 370 g/mol. The lowest BCUT2D eigenvalue weighted by molar-refractivity contribution is 0.0950. The summed E-state index contributed by atoms with van der Waals surface area (Å²) in [6, 6.07) is 15.5. The number of para-hydroxylation sites is 1. The van der Waals surface area contributed by atoms with E-state index < -0.39 is 0 Å². The van der Waals surface area contributed by atoms with E-state index in [1.807, 2.05) is 24.3 Å². The number of anilines is 1. The Kier molecular flexibility index (Phi) is 4.88. The zero-order chi connectivity index (χ0) is 18.1. The molecule has 0 aromatic heterocycles. The van der Waals surface area contributed by atoms with Crippen LogP contribution in [-0.4, -0.2) is 37.0 Å². The van der Waals surface area contributed by atoms with Crippen LogP contribution < -0.4 is 11.1 Å². The van der Waals surface area contributed by atoms with E-state index in [2.05, 4.69) is 22.3 Å². The highest BCUT2D eigenvalue weighted by Gasteiger charge is 2.47. The third-order valence-electron chi connectivity index (χ3n) is 5.86. The van der Waals surface area contributed by atoms with Crippen LogP contribution in [0.25, 0.3) is 0 Å². The highest BCUT2D eigenvalue weighted by Crippen LogP contribution is 2.51. The zero-order valence-corrected chi connectivity index (χ0v) is 15.5. The van der Waals surface area contributed by atoms with E-state index >= 15 is 0 Å². The summed E-state index contributed by atoms with van der Waals surface area (Å²) >= 11 is 6.00. The molecule has 1 saturated heterocycles. The minimum atomic E-state index is -0.0932. The van der Waals surface area contributed by atoms with Crippen LogP contribution in [-0.2, 0) is 0 Å². The van der Waals surface area contributed by atoms with Gasteiger partial charge >= 0.3 is 0 Å². The summed E-state index contributed by atoms with van der Waals surface area (Å²) < 4.78 is 0. The number of halogens is 1. The maximum Gasteiger partial charge on any atom is 0.253 e. The van der Waals surface area contributed by atoms with Crippen LogP contribution >= 0.6 is 11.6 Å². The Labute approximate surface area is 159 Å². The second kappa shape index (κ2) is 7.29. The first-order valence-electron chi connectivity index (χ1n) is 9.22. The summed E-state index contributed by atoms with van der Waals surface area (Å²) in [5.74, 6) is 2.08. The van der Waals surface area contributed by atoms with Crippen LogP contribution in [0, 0.1) is 11.8 Å². The second-order valence-electron chi connectivity index (χ2n) is 7.42. The van der Waals surface area contributed by atoms with Crippen molar-refractivity contribution in [1.82, 2.24) is 10.2 Å². The number of amides is 1. The number of fused-ring (bicyclic) bond motifs is 1. The molecular weight excluding hydrogens is 346 g/mol. The van der Waals surface area contributed by atoms with Gasteiger partial charge in [-0.15, -0.1) is 0 Å². The molecule has 136 valence electrons. The van der Waals surface area contributed by atoms with Gasteiger partial charge in [0.1, 0.15) is 0 Å². The molecule has 5 heteroatoms. The summed E-state index contributed by atoms with van der Waals surface area (Å²) in [5.41, 5.74) is 8.34. The van der Waals surface area contributed by atoms with Crippen molar-refractivity contribution in [1.29, 1.82) is 0 Å². The first-order chi connectivity index (χ1) is 12.6. The van der Waals surface area contributed by atoms with Crippen LogP contribution in [0.3, 0.4) is 0 Å². The van der Waals surface area contributed by atoms with Gasteiger partial charge in [0.2, 0.25) is 0 Å². The molecule has 1 aliphatic heterocycles. The maximum atomic E-state index is 12.2. The molecule has 26 heavy (non-hydrogen) atoms. The van der Waals surface area contributed by atoms with Crippen LogP contribution in [0.2, 0.25) is 5.02 Å². The largest absolute Gasteiger partial charge is 0.398 e. The molecule has 1 saturated carbocycles. The summed E-state index contributed by atoms with van der Waals surface area (Å²) in [4.78, 5) is 14.7. The Morgan fingerprint density at radius 3 is 2.69 bits per heavy atom. The smallest absolute Gasteiger partial charge is 0.253 e. The predicted molar refractivity (Wildman–Crippen MR) is 105 cm³/mol. The molecule has 1 aliphatic carbocycles. The van der Waals surface area contributed by atoms with E-state index in [1.54, 1.807) is 12.1 Å². The highest BCUT2D eigenvalue weighted by atomic mass is 35.5. The van der Waals surface area contributed by atoms with Crippen molar-refractivity contribution in [2.45, 2.75) is 12.3 Å². The summed E-state index contributed by atoms with van der Waals surface area (Å²) in [6.07, 6.45) is 1.26. The van der Waals surface area contributed by atoms with Crippen LogP contribution in [0.15, 0.2) is 48.5 Å². The van der Waals surface area contributed by atoms with Crippen LogP contribution in [0.5, 0.6) is 0 Å². The molecular formula is C21H24ClN3O. The highest BCUT2D eigenvalue weighted by molar-refractivity contribution is 6.30. The van der Waals surface area contributed by atoms with Crippen molar-refractivity contribution >= 4 is 23.2 Å². The molecule has 2 aromatic carbocycles. The molecule has 4 nitrogen and oxygen atoms in total. The predicted octanol–water partition coefficient (Wildman–Crippen LogP) is 3.39. The van der Waals surface area contributed by atoms with E-state index in [4.69, 9.17) is 17.3 Å². The number of hydrogen-bond acceptors (Lipinski definition) is 3. The molecule has 3 atom stereocenters. The molecule has 3 N–H and O–H groups in total. The average Bonchev–Trinajstić information content (AvgIpc) is 2.93. The standard InChI is InChI=1S/C21H24ClN3O/c22-16-7-5-14(6-8-16)18-11-15-12-25(13-19(15)18)10-9-24-21(26)17-3-1-2-4-20(17)23/h1-8,15,18-19H,9-13,23H2,(H,24,26). The Morgan fingerprint density at radius 1 is 1.15 bits per heavy atom. The molecule has 3 unspecified atom stereocenters. The topological polar surface area (TPSA) is 58.4 Å². The number of likely N-dealkylation sites (tertiary alicyclic amines) is 1. The molecule has 0 radical (unpaired) electrons. The molecule has 0 bridgehead atoms. The minimum Gasteiger partial charge on any atom is -0.398 e. The van der Waals surface area contributed by atoms with Crippen molar-refractivity contribution in [3.8, 4) is 0 Å². The van der Waals surface area contributed by atoms with E-state index in [1.165, 1.54) is 12.0 Å². The van der Waals surface area contributed by atoms with E-state index in [0.717, 1.165) is 36.5 Å². The van der Waals surface area contributed by atoms with Crippen molar-refractivity contribution < 1.29 is 4.79 Å². The fourth-order valence-corrected chi connectivity index (χ4v) is 4.53. The molecule has 1 amide bonds. The van der Waals surface area contributed by atoms with Gasteiger partial charge in [-0.1, -0.05) is 35.9 Å². The summed E-state index contributed by atoms with van der Waals surface area (Å²) in [5, 5.41) is 3.79. The third kappa shape index (κ3) is 3.44. The van der Waals surface area contributed by atoms with Gasteiger partial charge in [-0.2, -0.15) is 0 Å². The SMILES string of the molecule is Nc1ccccc1C(=O)NCCN1CC2CC(c3ccc(Cl)cc3)C2C1. The normalized spacial score (nSPS) is 24.7. The van der Waals surface area contributed by atoms with Crippen molar-refractivity contribution in [3.63, 3.8) is 0 Å². The Hall–Kier alpha value is -2.04. The van der Waals surface area contributed by atoms with Gasteiger partial charge in [0.25, 0.3) is 5.91 Å². The minimum absolute atomic E-state index is 0.0932. The molecule has 2 fully saturated rings. The quantitative estimate of drug-likeness (QED) is 0.794. The molecule has 2 aliphatic rings. The van der Waals surface area contributed by atoms with Crippen LogP contribution in [0.1, 0.15) is 28.3 Å². The lowest BCUT2D eigenvalue weighted by atomic mass is 9.64. The second-order valence-corrected chi connectivity index (χ2v) is 7.86. The summed E-state index contributed by atoms with van der Waals surface area (Å²) in [6.45, 7) is 3.79. The van der Waals surface area contributed by atoms with Crippen LogP contribution in [0.4, 0.5) is 5.69 Å². The van der Waals surface area contributed by atoms with Gasteiger partial charge in [-0.3, -0.25) is 4.79 Å². The first-order valence-corrected chi connectivity index (χ1v) is 9.60. The van der Waals surface area contributed by atoms with E-state index in [9.17, 15) is 4.79 Å². The van der Waals surface area contributed by atoms with Crippen molar-refractivity contribution in [3.05, 3.63) is 64.7 Å². The lowest BCUT2D eigenvalue weighted by Crippen LogP contribution is -2.34. The number of nitrogen functional groups attached to an aromatic ring is 1. The third-order valence-corrected chi connectivity index (χ3v) is 6.11. The first kappa shape index (κ1) is 17.4. The lowest BCUT2D eigenvalue weighted by Gasteiger charge is -2.40. The Bertz CT molecular complexity index is 792. The molecule has 2 aromatic rings. The molecule has 1 heterocycles. The number of carbonyl (C=O) groups is 1. The number of rotatable bonds is 5. The van der Waals surface area contributed by atoms with E-state index in [0.29, 0.717) is 23.7 Å². The van der Waals surface area contributed by atoms with Gasteiger partial charge in [-0.05, 0) is 54.0 Å². The summed E-state index contributed by atoms with van der Waals surface area (Å²) in [7, 11) is 0. The molecule has 4 rings (SSSR count). The van der Waals surface area contributed by atoms with Gasteiger partial charge < -0.3 is 16.0 Å². The number of nitrogens with zero attached hydrogens (tertiary/aromatic N) is 1. The zero-order valence-electron chi connectivity index (χ0n) is 14.7. The fourth-order valence-electron chi connectivity index (χ4n) is 4.40. The monoisotopic (exact) mass is 369 g/mol. The Morgan fingerprint density at radius 2 is 1.92 bits per heavy atom. The van der Waals surface area contributed by atoms with Gasteiger partial charge in [0.15, 0.2) is 0 Å². The van der Waals surface area contributed by atoms with Gasteiger partial charge in [0, 0.05) is 36.9 Å². The van der Waals surface area contributed by atoms with Gasteiger partial charge in [0.05, 0.1) is 5.56 Å². The number of hydrogen-bond donors (Lipinski definition) is 2. The maximum absolute atomic E-state index is 12.2. The molecule has 0 spiro atoms. The Balaban J connectivity index is 1.26.